The van der Waals surface area contributed by atoms with Crippen LogP contribution in [0.2, 0.25) is 0 Å². The van der Waals surface area contributed by atoms with Gasteiger partial charge >= 0.3 is 0 Å². The van der Waals surface area contributed by atoms with E-state index < -0.39 is 34.0 Å². The van der Waals surface area contributed by atoms with Crippen molar-refractivity contribution in [1.82, 2.24) is 20.9 Å². The number of sulfonamides is 1. The molecule has 11 heteroatoms. The molecule has 45 heavy (non-hydrogen) atoms. The Morgan fingerprint density at radius 1 is 0.867 bits per heavy atom. The number of pyridine rings is 1. The average molecular weight is 630 g/mol. The molecule has 3 aromatic carbocycles. The molecule has 0 saturated heterocycles. The third kappa shape index (κ3) is 9.70. The van der Waals surface area contributed by atoms with Gasteiger partial charge in [0, 0.05) is 37.5 Å². The number of aliphatic hydroxyl groups is 1. The highest BCUT2D eigenvalue weighted by Gasteiger charge is 2.25. The van der Waals surface area contributed by atoms with Crippen LogP contribution in [0.15, 0.2) is 103 Å². The lowest BCUT2D eigenvalue weighted by Crippen LogP contribution is -2.48. The second-order valence-electron chi connectivity index (χ2n) is 10.9. The standard InChI is InChI=1S/C34H39N5O5S/c1-24(26-14-8-5-9-15-26)37-33(41)27-19-28(21-30(20-27)39(2)45(3,43)44)34(42)38-31(18-25-12-6-4-7-13-25)32(40)23-35-22-29-16-10-11-17-36-29/h4-17,19-21,24,31-32,35,40H,18,22-23H2,1-3H3,(H,37,41)(H,38,42)/t24-,31+,32-/m1/s1. The summed E-state index contributed by atoms with van der Waals surface area (Å²) in [5.41, 5.74) is 2.96. The molecule has 0 aliphatic carbocycles. The summed E-state index contributed by atoms with van der Waals surface area (Å²) < 4.78 is 25.8. The predicted molar refractivity (Wildman–Crippen MR) is 175 cm³/mol. The number of nitrogens with one attached hydrogen (secondary N) is 3. The van der Waals surface area contributed by atoms with Gasteiger partial charge in [-0.05, 0) is 54.8 Å². The number of aliphatic hydroxyl groups excluding tert-OH is 1. The van der Waals surface area contributed by atoms with E-state index in [0.29, 0.717) is 13.0 Å². The Bertz CT molecular complexity index is 1670. The highest BCUT2D eigenvalue weighted by molar-refractivity contribution is 7.92. The van der Waals surface area contributed by atoms with Crippen LogP contribution in [-0.4, -0.2) is 62.3 Å². The molecule has 4 N–H and O–H groups in total. The van der Waals surface area contributed by atoms with Crippen LogP contribution in [0.5, 0.6) is 0 Å². The van der Waals surface area contributed by atoms with Crippen molar-refractivity contribution in [2.45, 2.75) is 38.1 Å². The quantitative estimate of drug-likeness (QED) is 0.168. The molecule has 236 valence electrons. The normalized spacial score (nSPS) is 13.3. The van der Waals surface area contributed by atoms with Crippen molar-refractivity contribution in [2.75, 3.05) is 24.2 Å². The van der Waals surface area contributed by atoms with Gasteiger partial charge in [0.05, 0.1) is 35.8 Å². The van der Waals surface area contributed by atoms with Crippen LogP contribution >= 0.6 is 0 Å². The first-order valence-corrected chi connectivity index (χ1v) is 16.4. The number of rotatable bonds is 14. The van der Waals surface area contributed by atoms with Gasteiger partial charge in [-0.25, -0.2) is 8.42 Å². The first-order valence-electron chi connectivity index (χ1n) is 14.6. The molecule has 0 spiro atoms. The fourth-order valence-electron chi connectivity index (χ4n) is 4.75. The Hall–Kier alpha value is -4.58. The number of aromatic nitrogens is 1. The second kappa shape index (κ2) is 15.4. The molecule has 3 atom stereocenters. The van der Waals surface area contributed by atoms with Crippen LogP contribution in [0.25, 0.3) is 0 Å². The van der Waals surface area contributed by atoms with Crippen molar-refractivity contribution in [1.29, 1.82) is 0 Å². The zero-order valence-corrected chi connectivity index (χ0v) is 26.4. The van der Waals surface area contributed by atoms with Gasteiger partial charge in [-0.1, -0.05) is 66.7 Å². The van der Waals surface area contributed by atoms with Gasteiger partial charge in [0.25, 0.3) is 11.8 Å². The van der Waals surface area contributed by atoms with E-state index in [0.717, 1.165) is 27.4 Å². The summed E-state index contributed by atoms with van der Waals surface area (Å²) in [6, 6.07) is 27.7. The number of benzene rings is 3. The maximum absolute atomic E-state index is 13.7. The number of hydrogen-bond acceptors (Lipinski definition) is 7. The Kier molecular flexibility index (Phi) is 11.4. The summed E-state index contributed by atoms with van der Waals surface area (Å²) in [6.07, 6.45) is 2.09. The minimum absolute atomic E-state index is 0.0761. The Balaban J connectivity index is 1.58. The van der Waals surface area contributed by atoms with E-state index in [1.54, 1.807) is 6.20 Å². The van der Waals surface area contributed by atoms with Crippen molar-refractivity contribution in [3.8, 4) is 0 Å². The molecule has 1 heterocycles. The molecular weight excluding hydrogens is 590 g/mol. The summed E-state index contributed by atoms with van der Waals surface area (Å²) in [5, 5.41) is 20.2. The lowest BCUT2D eigenvalue weighted by molar-refractivity contribution is 0.0829. The highest BCUT2D eigenvalue weighted by atomic mass is 32.2. The van der Waals surface area contributed by atoms with Crippen molar-refractivity contribution < 1.29 is 23.1 Å². The van der Waals surface area contributed by atoms with Gasteiger partial charge in [0.15, 0.2) is 0 Å². The Labute approximate surface area is 264 Å². The molecule has 4 rings (SSSR count). The third-order valence-electron chi connectivity index (χ3n) is 7.42. The number of carbonyl (C=O) groups is 2. The van der Waals surface area contributed by atoms with Crippen molar-refractivity contribution in [3.05, 3.63) is 131 Å². The van der Waals surface area contributed by atoms with Crippen LogP contribution in [0.1, 0.15) is 50.5 Å². The van der Waals surface area contributed by atoms with Gasteiger partial charge in [0.2, 0.25) is 10.0 Å². The van der Waals surface area contributed by atoms with Crippen LogP contribution in [0, 0.1) is 0 Å². The van der Waals surface area contributed by atoms with E-state index in [2.05, 4.69) is 20.9 Å². The number of amides is 2. The Morgan fingerprint density at radius 2 is 1.47 bits per heavy atom. The molecule has 0 radical (unpaired) electrons. The van der Waals surface area contributed by atoms with Crippen molar-refractivity contribution in [2.24, 2.45) is 0 Å². The minimum atomic E-state index is -3.70. The fourth-order valence-corrected chi connectivity index (χ4v) is 5.24. The average Bonchev–Trinajstić information content (AvgIpc) is 3.04. The molecule has 2 amide bonds. The van der Waals surface area contributed by atoms with Crippen LogP contribution < -0.4 is 20.3 Å². The fraction of sp³-hybridized carbons (Fsp3) is 0.265. The molecule has 1 aromatic heterocycles. The van der Waals surface area contributed by atoms with Crippen LogP contribution in [-0.2, 0) is 23.0 Å². The topological polar surface area (TPSA) is 141 Å². The van der Waals surface area contributed by atoms with E-state index in [1.165, 1.54) is 25.2 Å². The largest absolute Gasteiger partial charge is 0.390 e. The third-order valence-corrected chi connectivity index (χ3v) is 8.62. The molecule has 0 aliphatic rings. The van der Waals surface area contributed by atoms with Crippen LogP contribution in [0.4, 0.5) is 5.69 Å². The molecular formula is C34H39N5O5S. The smallest absolute Gasteiger partial charge is 0.251 e. The Morgan fingerprint density at radius 3 is 2.07 bits per heavy atom. The molecule has 0 bridgehead atoms. The molecule has 0 unspecified atom stereocenters. The van der Waals surface area contributed by atoms with Crippen molar-refractivity contribution >= 4 is 27.5 Å². The molecule has 0 saturated carbocycles. The summed E-state index contributed by atoms with van der Waals surface area (Å²) >= 11 is 0. The molecule has 10 nitrogen and oxygen atoms in total. The van der Waals surface area contributed by atoms with Crippen molar-refractivity contribution in [3.63, 3.8) is 0 Å². The van der Waals surface area contributed by atoms with Gasteiger partial charge in [-0.2, -0.15) is 0 Å². The SMILES string of the molecule is C[C@@H](NC(=O)c1cc(C(=O)N[C@@H](Cc2ccccc2)[C@H](O)CNCc2ccccn2)cc(N(C)S(C)(=O)=O)c1)c1ccccc1. The highest BCUT2D eigenvalue weighted by Crippen LogP contribution is 2.22. The number of hydrogen-bond donors (Lipinski definition) is 4. The monoisotopic (exact) mass is 629 g/mol. The second-order valence-corrected chi connectivity index (χ2v) is 12.9. The van der Waals surface area contributed by atoms with Gasteiger partial charge < -0.3 is 21.1 Å². The summed E-state index contributed by atoms with van der Waals surface area (Å²) in [5.74, 6) is -1.03. The van der Waals surface area contributed by atoms with Gasteiger partial charge in [-0.3, -0.25) is 18.9 Å². The van der Waals surface area contributed by atoms with Crippen LogP contribution in [0.3, 0.4) is 0 Å². The van der Waals surface area contributed by atoms with Gasteiger partial charge in [0.1, 0.15) is 0 Å². The van der Waals surface area contributed by atoms with E-state index in [-0.39, 0.29) is 29.4 Å². The molecule has 4 aromatic rings. The maximum atomic E-state index is 13.7. The summed E-state index contributed by atoms with van der Waals surface area (Å²) in [7, 11) is -2.34. The summed E-state index contributed by atoms with van der Waals surface area (Å²) in [6.45, 7) is 2.45. The summed E-state index contributed by atoms with van der Waals surface area (Å²) in [4.78, 5) is 31.4. The zero-order chi connectivity index (χ0) is 32.4. The van der Waals surface area contributed by atoms with E-state index in [1.807, 2.05) is 85.8 Å². The number of carbonyl (C=O) groups excluding carboxylic acids is 2. The first kappa shape index (κ1) is 33.3. The zero-order valence-electron chi connectivity index (χ0n) is 25.6. The molecule has 0 fully saturated rings. The molecule has 0 aliphatic heterocycles. The first-order chi connectivity index (χ1) is 21.5. The number of anilines is 1. The number of nitrogens with zero attached hydrogens (tertiary/aromatic N) is 2. The predicted octanol–water partition coefficient (Wildman–Crippen LogP) is 3.46. The van der Waals surface area contributed by atoms with E-state index >= 15 is 0 Å². The van der Waals surface area contributed by atoms with Gasteiger partial charge in [-0.15, -0.1) is 0 Å². The van der Waals surface area contributed by atoms with E-state index in [4.69, 9.17) is 0 Å². The lowest BCUT2D eigenvalue weighted by atomic mass is 10.00. The maximum Gasteiger partial charge on any atom is 0.251 e. The lowest BCUT2D eigenvalue weighted by Gasteiger charge is -2.25. The minimum Gasteiger partial charge on any atom is -0.390 e. The van der Waals surface area contributed by atoms with E-state index in [9.17, 15) is 23.1 Å².